The van der Waals surface area contributed by atoms with Gasteiger partial charge in [-0.25, -0.2) is 0 Å². The molecule has 0 radical (unpaired) electrons. The number of carboxylic acids is 1. The van der Waals surface area contributed by atoms with E-state index in [2.05, 4.69) is 15.9 Å². The predicted molar refractivity (Wildman–Crippen MR) is 35.3 cm³/mol. The maximum atomic E-state index is 10.3. The monoisotopic (exact) mass is 184 g/mol. The van der Waals surface area contributed by atoms with E-state index in [0.717, 1.165) is 0 Å². The Hall–Kier alpha value is -0.0500. The number of aliphatic carboxylic acids is 1. The largest absolute Gasteiger partial charge is 0.481 e. The number of alkyl halides is 1. The molecule has 0 unspecified atom stereocenters. The fraction of sp³-hybridized carbons (Fsp3) is 0.800. The van der Waals surface area contributed by atoms with Gasteiger partial charge in [0.1, 0.15) is 0 Å². The maximum Gasteiger partial charge on any atom is 0.303 e. The first kappa shape index (κ1) is 3.20. The van der Waals surface area contributed by atoms with E-state index in [-0.39, 0.29) is 5.33 Å². The summed E-state index contributed by atoms with van der Waals surface area (Å²) in [5, 5.41) is 8.27. The van der Waals surface area contributed by atoms with Crippen molar-refractivity contribution < 1.29 is 15.4 Å². The van der Waals surface area contributed by atoms with E-state index in [1.807, 2.05) is 0 Å². The van der Waals surface area contributed by atoms with Crippen LogP contribution in [0.1, 0.15) is 24.6 Å². The number of hydrogen-bond acceptors (Lipinski definition) is 1. The van der Waals surface area contributed by atoms with Crippen molar-refractivity contribution in [3.63, 3.8) is 0 Å². The molecule has 0 aliphatic heterocycles. The predicted octanol–water partition coefficient (Wildman–Crippen LogP) is 1.64. The van der Waals surface area contributed by atoms with Crippen molar-refractivity contribution >= 4 is 21.9 Å². The third kappa shape index (κ3) is 5.95. The molecule has 0 aromatic heterocycles. The molecule has 0 atom stereocenters. The van der Waals surface area contributed by atoms with Crippen LogP contribution < -0.4 is 0 Å². The minimum absolute atomic E-state index is 0.0766. The van der Waals surface area contributed by atoms with Gasteiger partial charge in [0.15, 0.2) is 0 Å². The number of carbonyl (C=O) groups is 1. The third-order valence-electron chi connectivity index (χ3n) is 0.459. The maximum absolute atomic E-state index is 10.3. The van der Waals surface area contributed by atoms with E-state index >= 15 is 0 Å². The normalized spacial score (nSPS) is 20.1. The van der Waals surface area contributed by atoms with Gasteiger partial charge in [0.05, 0.1) is 0 Å². The average molecular weight is 185 g/mol. The second kappa shape index (κ2) is 5.09. The van der Waals surface area contributed by atoms with Crippen LogP contribution in [0.5, 0.6) is 0 Å². The van der Waals surface area contributed by atoms with Gasteiger partial charge < -0.3 is 5.11 Å². The molecule has 0 amide bonds. The van der Waals surface area contributed by atoms with Gasteiger partial charge in [-0.15, -0.1) is 0 Å². The van der Waals surface area contributed by atoms with Crippen LogP contribution in [-0.2, 0) is 4.79 Å². The summed E-state index contributed by atoms with van der Waals surface area (Å²) in [6.07, 6.45) is -4.99. The Bertz CT molecular complexity index is 182. The average Bonchev–Trinajstić information content (AvgIpc) is 1.85. The summed E-state index contributed by atoms with van der Waals surface area (Å²) in [4.78, 5) is 10.3. The van der Waals surface area contributed by atoms with E-state index in [4.69, 9.17) is 10.6 Å². The van der Waals surface area contributed by atoms with Gasteiger partial charge in [-0.2, -0.15) is 0 Å². The van der Waals surface area contributed by atoms with Crippen molar-refractivity contribution in [3.05, 3.63) is 0 Å². The first-order valence-corrected chi connectivity index (χ1v) is 3.13. The van der Waals surface area contributed by atoms with Crippen molar-refractivity contribution in [2.24, 2.45) is 0 Å². The molecule has 0 aromatic carbocycles. The van der Waals surface area contributed by atoms with Gasteiger partial charge in [-0.3, -0.25) is 4.79 Å². The Balaban J connectivity index is 4.34. The first-order valence-electron chi connectivity index (χ1n) is 4.01. The van der Waals surface area contributed by atoms with Crippen LogP contribution in [0.3, 0.4) is 0 Å². The molecular weight excluding hydrogens is 172 g/mol. The fourth-order valence-corrected chi connectivity index (χ4v) is 0.384. The van der Waals surface area contributed by atoms with Gasteiger partial charge in [0, 0.05) is 17.2 Å². The molecular formula is C5H9BrO2. The molecule has 0 bridgehead atoms. The van der Waals surface area contributed by atoms with Crippen LogP contribution in [-0.4, -0.2) is 16.4 Å². The van der Waals surface area contributed by atoms with Crippen LogP contribution in [0, 0.1) is 0 Å². The first-order chi connectivity index (χ1) is 5.21. The van der Waals surface area contributed by atoms with Gasteiger partial charge in [-0.1, -0.05) is 15.9 Å². The molecule has 0 heterocycles. The molecule has 0 spiro atoms. The molecule has 0 rings (SSSR count). The molecule has 3 heteroatoms. The van der Waals surface area contributed by atoms with E-state index in [9.17, 15) is 4.79 Å². The van der Waals surface area contributed by atoms with Crippen LogP contribution >= 0.6 is 15.9 Å². The second-order valence-corrected chi connectivity index (χ2v) is 1.60. The zero-order valence-corrected chi connectivity index (χ0v) is 5.73. The molecule has 0 saturated carbocycles. The lowest BCUT2D eigenvalue weighted by molar-refractivity contribution is -0.137. The van der Waals surface area contributed by atoms with Crippen LogP contribution in [0.2, 0.25) is 0 Å². The summed E-state index contributed by atoms with van der Waals surface area (Å²) >= 11 is 2.84. The summed E-state index contributed by atoms with van der Waals surface area (Å²) in [5.41, 5.74) is 0. The summed E-state index contributed by atoms with van der Waals surface area (Å²) in [6, 6.07) is 0. The molecule has 1 N–H and O–H groups in total. The summed E-state index contributed by atoms with van der Waals surface area (Å²) in [6.45, 7) is 0. The topological polar surface area (TPSA) is 37.3 Å². The quantitative estimate of drug-likeness (QED) is 0.676. The summed E-state index contributed by atoms with van der Waals surface area (Å²) in [5.74, 6) is -1.63. The third-order valence-corrected chi connectivity index (χ3v) is 0.856. The Labute approximate surface area is 62.6 Å². The molecule has 0 aromatic rings. The zero-order valence-electron chi connectivity index (χ0n) is 8.15. The molecule has 48 valence electrons. The Morgan fingerprint density at radius 3 is 2.88 bits per heavy atom. The zero-order chi connectivity index (χ0) is 9.99. The summed E-state index contributed by atoms with van der Waals surface area (Å²) in [7, 11) is 0. The Kier molecular flexibility index (Phi) is 2.04. The lowest BCUT2D eigenvalue weighted by Gasteiger charge is -1.88. The smallest absolute Gasteiger partial charge is 0.303 e. The molecule has 0 aliphatic rings. The van der Waals surface area contributed by atoms with E-state index in [1.54, 1.807) is 0 Å². The van der Waals surface area contributed by atoms with Crippen molar-refractivity contribution in [3.8, 4) is 0 Å². The second-order valence-electron chi connectivity index (χ2n) is 1.04. The van der Waals surface area contributed by atoms with Crippen LogP contribution in [0.4, 0.5) is 0 Å². The van der Waals surface area contributed by atoms with Crippen molar-refractivity contribution in [1.29, 1.82) is 0 Å². The van der Waals surface area contributed by atoms with Crippen molar-refractivity contribution in [1.82, 2.24) is 0 Å². The minimum atomic E-state index is -2.50. The highest BCUT2D eigenvalue weighted by atomic mass is 79.9. The molecule has 0 aliphatic carbocycles. The highest BCUT2D eigenvalue weighted by Crippen LogP contribution is 1.97. The molecule has 0 fully saturated rings. The lowest BCUT2D eigenvalue weighted by Crippen LogP contribution is -1.93. The highest BCUT2D eigenvalue weighted by molar-refractivity contribution is 9.09. The van der Waals surface area contributed by atoms with Gasteiger partial charge in [0.25, 0.3) is 0 Å². The van der Waals surface area contributed by atoms with E-state index in [1.165, 1.54) is 0 Å². The standard InChI is InChI=1S/C5H9BrO2/c6-4-2-1-3-5(7)8/h1-4H2,(H,7,8)/i2D2,3D2. The van der Waals surface area contributed by atoms with E-state index in [0.29, 0.717) is 0 Å². The molecule has 0 saturated heterocycles. The summed E-state index contributed by atoms with van der Waals surface area (Å²) < 4.78 is 28.2. The lowest BCUT2D eigenvalue weighted by atomic mass is 10.3. The number of carboxylic acid groups (broad SMARTS) is 1. The van der Waals surface area contributed by atoms with E-state index < -0.39 is 25.1 Å². The van der Waals surface area contributed by atoms with Gasteiger partial charge in [0.2, 0.25) is 0 Å². The minimum Gasteiger partial charge on any atom is -0.481 e. The van der Waals surface area contributed by atoms with Crippen molar-refractivity contribution in [2.75, 3.05) is 5.33 Å². The molecule has 8 heavy (non-hydrogen) atoms. The molecule has 2 nitrogen and oxygen atoms in total. The highest BCUT2D eigenvalue weighted by Gasteiger charge is 1.93. The van der Waals surface area contributed by atoms with Gasteiger partial charge in [-0.05, 0) is 12.8 Å². The number of halogens is 1. The van der Waals surface area contributed by atoms with Crippen LogP contribution in [0.25, 0.3) is 0 Å². The number of rotatable bonds is 4. The van der Waals surface area contributed by atoms with Gasteiger partial charge >= 0.3 is 5.97 Å². The van der Waals surface area contributed by atoms with Crippen LogP contribution in [0.15, 0.2) is 0 Å². The fourth-order valence-electron chi connectivity index (χ4n) is 0.185. The van der Waals surface area contributed by atoms with Crippen molar-refractivity contribution in [2.45, 2.75) is 19.2 Å². The Morgan fingerprint density at radius 1 is 1.88 bits per heavy atom. The SMILES string of the molecule is [2H]C([2H])(CBr)CC([2H])([2H])C(=O)O. The Morgan fingerprint density at radius 2 is 2.50 bits per heavy atom. The number of hydrogen-bond donors (Lipinski definition) is 1.